The summed E-state index contributed by atoms with van der Waals surface area (Å²) < 4.78 is 5.50. The molecule has 0 aliphatic heterocycles. The molecule has 2 aromatic carbocycles. The predicted octanol–water partition coefficient (Wildman–Crippen LogP) is 3.48. The number of nitrogens with zero attached hydrogens (tertiary/aromatic N) is 1. The van der Waals surface area contributed by atoms with Gasteiger partial charge in [0.05, 0.1) is 18.0 Å². The van der Waals surface area contributed by atoms with E-state index in [1.54, 1.807) is 0 Å². The normalized spacial score (nSPS) is 10.2. The van der Waals surface area contributed by atoms with Gasteiger partial charge in [0.15, 0.2) is 0 Å². The molecule has 0 amide bonds. The second kappa shape index (κ2) is 6.19. The molecule has 0 fully saturated rings. The number of nitrogens with two attached hydrogens (primary N) is 1. The van der Waals surface area contributed by atoms with Crippen molar-refractivity contribution >= 4 is 22.7 Å². The van der Waals surface area contributed by atoms with E-state index in [4.69, 9.17) is 10.5 Å². The lowest BCUT2D eigenvalue weighted by molar-refractivity contribution is 0.342. The number of nitrogen functional groups attached to an aromatic ring is 1. The number of rotatable bonds is 5. The Bertz CT molecular complexity index is 582. The highest BCUT2D eigenvalue weighted by molar-refractivity contribution is 5.78. The number of hydrogen-bond donors (Lipinski definition) is 2. The Hall–Kier alpha value is -2.36. The van der Waals surface area contributed by atoms with Crippen LogP contribution >= 0.6 is 0 Å². The van der Waals surface area contributed by atoms with Gasteiger partial charge in [0, 0.05) is 25.5 Å². The summed E-state index contributed by atoms with van der Waals surface area (Å²) >= 11 is 0. The third-order valence-electron chi connectivity index (χ3n) is 3.01. The molecule has 2 aromatic rings. The topological polar surface area (TPSA) is 50.5 Å². The summed E-state index contributed by atoms with van der Waals surface area (Å²) in [6.45, 7) is 2.55. The molecule has 0 radical (unpaired) electrons. The smallest absolute Gasteiger partial charge is 0.144 e. The van der Waals surface area contributed by atoms with Crippen molar-refractivity contribution in [3.63, 3.8) is 0 Å². The molecule has 3 N–H and O–H groups in total. The highest BCUT2D eigenvalue weighted by Gasteiger charge is 2.06. The Labute approximate surface area is 120 Å². The average Bonchev–Trinajstić information content (AvgIpc) is 2.44. The summed E-state index contributed by atoms with van der Waals surface area (Å²) in [5.74, 6) is 0.710. The molecule has 0 aromatic heterocycles. The van der Waals surface area contributed by atoms with Gasteiger partial charge in [-0.05, 0) is 37.3 Å². The molecule has 20 heavy (non-hydrogen) atoms. The zero-order chi connectivity index (χ0) is 14.5. The first kappa shape index (κ1) is 14.1. The van der Waals surface area contributed by atoms with E-state index in [9.17, 15) is 0 Å². The van der Waals surface area contributed by atoms with Crippen LogP contribution in [0.25, 0.3) is 0 Å². The maximum Gasteiger partial charge on any atom is 0.144 e. The van der Waals surface area contributed by atoms with E-state index < -0.39 is 0 Å². The largest absolute Gasteiger partial charge is 0.492 e. The Balaban J connectivity index is 2.26. The van der Waals surface area contributed by atoms with Crippen molar-refractivity contribution in [1.29, 1.82) is 0 Å². The van der Waals surface area contributed by atoms with Crippen LogP contribution in [0, 0.1) is 0 Å². The highest BCUT2D eigenvalue weighted by atomic mass is 16.5. The molecule has 0 unspecified atom stereocenters. The van der Waals surface area contributed by atoms with Gasteiger partial charge >= 0.3 is 0 Å². The van der Waals surface area contributed by atoms with Gasteiger partial charge in [0.25, 0.3) is 0 Å². The van der Waals surface area contributed by atoms with Crippen LogP contribution in [0.15, 0.2) is 42.5 Å². The first-order valence-corrected chi connectivity index (χ1v) is 6.67. The minimum Gasteiger partial charge on any atom is -0.492 e. The fraction of sp³-hybridized carbons (Fsp3) is 0.250. The Morgan fingerprint density at radius 2 is 1.90 bits per heavy atom. The molecule has 0 aliphatic carbocycles. The molecule has 0 bridgehead atoms. The van der Waals surface area contributed by atoms with Crippen LogP contribution in [-0.4, -0.2) is 20.7 Å². The summed E-state index contributed by atoms with van der Waals surface area (Å²) in [5, 5.41) is 3.33. The molecular formula is C16H21N3O. The highest BCUT2D eigenvalue weighted by Crippen LogP contribution is 2.32. The van der Waals surface area contributed by atoms with Crippen molar-refractivity contribution in [3.05, 3.63) is 42.5 Å². The van der Waals surface area contributed by atoms with Crippen LogP contribution in [0.5, 0.6) is 5.75 Å². The maximum absolute atomic E-state index is 6.12. The molecule has 4 nitrogen and oxygen atoms in total. The molecular weight excluding hydrogens is 250 g/mol. The van der Waals surface area contributed by atoms with Crippen LogP contribution in [0.2, 0.25) is 0 Å². The lowest BCUT2D eigenvalue weighted by Gasteiger charge is -2.16. The van der Waals surface area contributed by atoms with Crippen molar-refractivity contribution in [3.8, 4) is 5.75 Å². The second-order valence-corrected chi connectivity index (χ2v) is 4.72. The zero-order valence-electron chi connectivity index (χ0n) is 12.2. The molecule has 2 rings (SSSR count). The van der Waals surface area contributed by atoms with Crippen LogP contribution in [0.1, 0.15) is 6.92 Å². The Morgan fingerprint density at radius 3 is 2.60 bits per heavy atom. The summed E-state index contributed by atoms with van der Waals surface area (Å²) in [5.41, 5.74) is 9.73. The van der Waals surface area contributed by atoms with E-state index in [0.29, 0.717) is 18.0 Å². The number of benzene rings is 2. The molecule has 0 saturated heterocycles. The van der Waals surface area contributed by atoms with Gasteiger partial charge in [-0.15, -0.1) is 0 Å². The van der Waals surface area contributed by atoms with Gasteiger partial charge in [-0.1, -0.05) is 12.1 Å². The quantitative estimate of drug-likeness (QED) is 0.817. The zero-order valence-corrected chi connectivity index (χ0v) is 12.2. The standard InChI is InChI=1S/C16H21N3O/c1-4-20-15-10-6-9-14(16(15)17)18-12-7-5-8-13(11-12)19(2)3/h5-11,18H,4,17H2,1-3H3. The SMILES string of the molecule is CCOc1cccc(Nc2cccc(N(C)C)c2)c1N. The summed E-state index contributed by atoms with van der Waals surface area (Å²) in [7, 11) is 4.03. The number of para-hydroxylation sites is 1. The summed E-state index contributed by atoms with van der Waals surface area (Å²) in [4.78, 5) is 2.06. The van der Waals surface area contributed by atoms with Gasteiger partial charge in [-0.2, -0.15) is 0 Å². The van der Waals surface area contributed by atoms with Crippen molar-refractivity contribution in [2.24, 2.45) is 0 Å². The van der Waals surface area contributed by atoms with E-state index in [1.165, 1.54) is 0 Å². The molecule has 106 valence electrons. The van der Waals surface area contributed by atoms with Gasteiger partial charge in [0.1, 0.15) is 5.75 Å². The number of nitrogens with one attached hydrogen (secondary N) is 1. The molecule has 0 heterocycles. The van der Waals surface area contributed by atoms with Crippen molar-refractivity contribution < 1.29 is 4.74 Å². The average molecular weight is 271 g/mol. The Kier molecular flexibility index (Phi) is 4.35. The van der Waals surface area contributed by atoms with Gasteiger partial charge < -0.3 is 20.7 Å². The minimum absolute atomic E-state index is 0.601. The van der Waals surface area contributed by atoms with Crippen LogP contribution in [0.3, 0.4) is 0 Å². The first-order valence-electron chi connectivity index (χ1n) is 6.67. The maximum atomic E-state index is 6.12. The van der Waals surface area contributed by atoms with E-state index in [2.05, 4.69) is 22.3 Å². The van der Waals surface area contributed by atoms with Crippen molar-refractivity contribution in [2.45, 2.75) is 6.92 Å². The van der Waals surface area contributed by atoms with Crippen LogP contribution < -0.4 is 20.7 Å². The lowest BCUT2D eigenvalue weighted by Crippen LogP contribution is -2.08. The van der Waals surface area contributed by atoms with E-state index in [0.717, 1.165) is 17.1 Å². The third kappa shape index (κ3) is 3.15. The monoisotopic (exact) mass is 271 g/mol. The molecule has 0 saturated carbocycles. The second-order valence-electron chi connectivity index (χ2n) is 4.72. The number of ether oxygens (including phenoxy) is 1. The first-order chi connectivity index (χ1) is 9.61. The third-order valence-corrected chi connectivity index (χ3v) is 3.01. The minimum atomic E-state index is 0.601. The van der Waals surface area contributed by atoms with E-state index >= 15 is 0 Å². The summed E-state index contributed by atoms with van der Waals surface area (Å²) in [6, 6.07) is 13.9. The molecule has 4 heteroatoms. The number of hydrogen-bond acceptors (Lipinski definition) is 4. The predicted molar refractivity (Wildman–Crippen MR) is 86.1 cm³/mol. The fourth-order valence-corrected chi connectivity index (χ4v) is 1.95. The van der Waals surface area contributed by atoms with Crippen molar-refractivity contribution in [1.82, 2.24) is 0 Å². The van der Waals surface area contributed by atoms with Crippen LogP contribution in [-0.2, 0) is 0 Å². The van der Waals surface area contributed by atoms with E-state index in [1.807, 2.05) is 51.4 Å². The number of anilines is 4. The molecule has 0 aliphatic rings. The van der Waals surface area contributed by atoms with Crippen LogP contribution in [0.4, 0.5) is 22.7 Å². The summed E-state index contributed by atoms with van der Waals surface area (Å²) in [6.07, 6.45) is 0. The van der Waals surface area contributed by atoms with Gasteiger partial charge in [-0.3, -0.25) is 0 Å². The van der Waals surface area contributed by atoms with Gasteiger partial charge in [-0.25, -0.2) is 0 Å². The molecule has 0 atom stereocenters. The van der Waals surface area contributed by atoms with Crippen molar-refractivity contribution in [2.75, 3.05) is 36.7 Å². The Morgan fingerprint density at radius 1 is 1.15 bits per heavy atom. The lowest BCUT2D eigenvalue weighted by atomic mass is 10.2. The van der Waals surface area contributed by atoms with Gasteiger partial charge in [0.2, 0.25) is 0 Å². The van der Waals surface area contributed by atoms with E-state index in [-0.39, 0.29) is 0 Å². The fourth-order valence-electron chi connectivity index (χ4n) is 1.95. The molecule has 0 spiro atoms.